The molecule has 0 unspecified atom stereocenters. The van der Waals surface area contributed by atoms with Crippen molar-refractivity contribution in [3.63, 3.8) is 0 Å². The summed E-state index contributed by atoms with van der Waals surface area (Å²) in [5, 5.41) is 8.12. The van der Waals surface area contributed by atoms with Crippen LogP contribution in [0.3, 0.4) is 0 Å². The van der Waals surface area contributed by atoms with Crippen molar-refractivity contribution < 1.29 is 28.9 Å². The van der Waals surface area contributed by atoms with Crippen LogP contribution in [0.1, 0.15) is 25.7 Å². The van der Waals surface area contributed by atoms with Gasteiger partial charge in [0.05, 0.1) is 6.61 Å². The van der Waals surface area contributed by atoms with E-state index in [1.807, 2.05) is 0 Å². The van der Waals surface area contributed by atoms with Gasteiger partial charge in [-0.05, 0) is 12.8 Å². The lowest BCUT2D eigenvalue weighted by Crippen LogP contribution is -2.17. The first-order valence-electron chi connectivity index (χ1n) is 4.09. The molecule has 84 valence electrons. The lowest BCUT2D eigenvalue weighted by Gasteiger charge is -2.04. The van der Waals surface area contributed by atoms with Gasteiger partial charge in [-0.15, -0.1) is 0 Å². The minimum Gasteiger partial charge on any atom is -0.303 e. The van der Waals surface area contributed by atoms with Crippen LogP contribution < -0.4 is 5.48 Å². The fourth-order valence-electron chi connectivity index (χ4n) is 0.804. The third-order valence-corrected chi connectivity index (χ3v) is 1.95. The maximum absolute atomic E-state index is 10.5. The normalized spacial score (nSPS) is 11.4. The number of phosphoric acid groups is 1. The summed E-state index contributed by atoms with van der Waals surface area (Å²) < 4.78 is 14.4. The third kappa shape index (κ3) is 9.63. The van der Waals surface area contributed by atoms with Crippen molar-refractivity contribution in [3.05, 3.63) is 0 Å². The highest BCUT2D eigenvalue weighted by molar-refractivity contribution is 7.46. The second-order valence-electron chi connectivity index (χ2n) is 2.67. The van der Waals surface area contributed by atoms with Crippen LogP contribution in [-0.4, -0.2) is 27.5 Å². The first-order chi connectivity index (χ1) is 6.45. The van der Waals surface area contributed by atoms with Gasteiger partial charge in [-0.2, -0.15) is 0 Å². The SMILES string of the molecule is O=C(CCCCCOP(=O)(O)O)NO. The van der Waals surface area contributed by atoms with E-state index in [4.69, 9.17) is 15.0 Å². The molecule has 0 heterocycles. The minimum atomic E-state index is -4.36. The van der Waals surface area contributed by atoms with Crippen LogP contribution in [0.2, 0.25) is 0 Å². The van der Waals surface area contributed by atoms with Gasteiger partial charge in [0.1, 0.15) is 0 Å². The van der Waals surface area contributed by atoms with E-state index in [0.29, 0.717) is 19.3 Å². The minimum absolute atomic E-state index is 0.0367. The molecule has 0 fully saturated rings. The molecule has 0 aliphatic carbocycles. The van der Waals surface area contributed by atoms with Crippen molar-refractivity contribution in [3.8, 4) is 0 Å². The molecule has 7 nitrogen and oxygen atoms in total. The highest BCUT2D eigenvalue weighted by Crippen LogP contribution is 2.35. The monoisotopic (exact) mass is 227 g/mol. The molecule has 0 saturated heterocycles. The second kappa shape index (κ2) is 6.92. The summed E-state index contributed by atoms with van der Waals surface area (Å²) in [5.74, 6) is -0.471. The van der Waals surface area contributed by atoms with Gasteiger partial charge in [0.2, 0.25) is 5.91 Å². The molecule has 0 aliphatic heterocycles. The van der Waals surface area contributed by atoms with Gasteiger partial charge in [0, 0.05) is 6.42 Å². The van der Waals surface area contributed by atoms with E-state index in [1.165, 1.54) is 5.48 Å². The van der Waals surface area contributed by atoms with Crippen molar-refractivity contribution in [1.82, 2.24) is 5.48 Å². The number of rotatable bonds is 7. The highest BCUT2D eigenvalue weighted by Gasteiger charge is 2.12. The van der Waals surface area contributed by atoms with E-state index in [1.54, 1.807) is 0 Å². The molecule has 1 amide bonds. The Morgan fingerprint density at radius 3 is 2.43 bits per heavy atom. The van der Waals surface area contributed by atoms with Crippen LogP contribution in [0.25, 0.3) is 0 Å². The smallest absolute Gasteiger partial charge is 0.303 e. The van der Waals surface area contributed by atoms with E-state index in [2.05, 4.69) is 4.52 Å². The van der Waals surface area contributed by atoms with Crippen molar-refractivity contribution in [2.24, 2.45) is 0 Å². The molecule has 0 spiro atoms. The fraction of sp³-hybridized carbons (Fsp3) is 0.833. The number of hydrogen-bond acceptors (Lipinski definition) is 4. The van der Waals surface area contributed by atoms with Gasteiger partial charge in [0.25, 0.3) is 0 Å². The fourth-order valence-corrected chi connectivity index (χ4v) is 1.17. The molecule has 0 rings (SSSR count). The quantitative estimate of drug-likeness (QED) is 0.213. The summed E-state index contributed by atoms with van der Waals surface area (Å²) in [4.78, 5) is 27.1. The predicted molar refractivity (Wildman–Crippen MR) is 46.4 cm³/mol. The molecule has 4 N–H and O–H groups in total. The summed E-state index contributed by atoms with van der Waals surface area (Å²) in [5.41, 5.74) is 1.49. The zero-order valence-electron chi connectivity index (χ0n) is 7.55. The first kappa shape index (κ1) is 13.5. The lowest BCUT2D eigenvalue weighted by molar-refractivity contribution is -0.129. The standard InChI is InChI=1S/C6H14NO6P/c8-6(7-9)4-2-1-3-5-13-14(10,11)12/h9H,1-5H2,(H,7,8)(H2,10,11,12). The van der Waals surface area contributed by atoms with E-state index < -0.39 is 13.7 Å². The van der Waals surface area contributed by atoms with Crippen molar-refractivity contribution in [2.75, 3.05) is 6.61 Å². The number of carbonyl (C=O) groups is 1. The van der Waals surface area contributed by atoms with Crippen LogP contribution >= 0.6 is 7.82 Å². The van der Waals surface area contributed by atoms with Crippen LogP contribution in [0.5, 0.6) is 0 Å². The Labute approximate surface area is 81.3 Å². The summed E-state index contributed by atoms with van der Waals surface area (Å²) in [6.45, 7) is -0.0367. The molecular formula is C6H14NO6P. The zero-order valence-corrected chi connectivity index (χ0v) is 8.44. The number of unbranched alkanes of at least 4 members (excludes halogenated alkanes) is 2. The Bertz CT molecular complexity index is 214. The lowest BCUT2D eigenvalue weighted by atomic mass is 10.2. The van der Waals surface area contributed by atoms with E-state index in [-0.39, 0.29) is 13.0 Å². The van der Waals surface area contributed by atoms with Crippen LogP contribution in [0.4, 0.5) is 0 Å². The third-order valence-electron chi connectivity index (χ3n) is 1.43. The Morgan fingerprint density at radius 2 is 1.93 bits per heavy atom. The topological polar surface area (TPSA) is 116 Å². The average molecular weight is 227 g/mol. The number of nitrogens with one attached hydrogen (secondary N) is 1. The van der Waals surface area contributed by atoms with Crippen LogP contribution in [0, 0.1) is 0 Å². The number of amides is 1. The van der Waals surface area contributed by atoms with Gasteiger partial charge in [-0.25, -0.2) is 10.0 Å². The number of carbonyl (C=O) groups excluding carboxylic acids is 1. The van der Waals surface area contributed by atoms with Crippen molar-refractivity contribution >= 4 is 13.7 Å². The maximum Gasteiger partial charge on any atom is 0.469 e. The Kier molecular flexibility index (Phi) is 6.69. The summed E-state index contributed by atoms with van der Waals surface area (Å²) in [7, 11) is -4.36. The van der Waals surface area contributed by atoms with E-state index in [9.17, 15) is 9.36 Å². The molecule has 8 heteroatoms. The number of hydroxylamine groups is 1. The second-order valence-corrected chi connectivity index (χ2v) is 3.91. The molecular weight excluding hydrogens is 213 g/mol. The molecule has 0 aromatic rings. The Hall–Kier alpha value is -0.460. The van der Waals surface area contributed by atoms with Crippen molar-refractivity contribution in [1.29, 1.82) is 0 Å². The molecule has 14 heavy (non-hydrogen) atoms. The van der Waals surface area contributed by atoms with Gasteiger partial charge in [-0.3, -0.25) is 14.5 Å². The zero-order chi connectivity index (χ0) is 11.0. The largest absolute Gasteiger partial charge is 0.469 e. The van der Waals surface area contributed by atoms with Crippen molar-refractivity contribution in [2.45, 2.75) is 25.7 Å². The molecule has 0 aliphatic rings. The van der Waals surface area contributed by atoms with Gasteiger partial charge >= 0.3 is 7.82 Å². The van der Waals surface area contributed by atoms with Crippen LogP contribution in [-0.2, 0) is 13.9 Å². The molecule has 0 radical (unpaired) electrons. The van der Waals surface area contributed by atoms with Gasteiger partial charge in [0.15, 0.2) is 0 Å². The summed E-state index contributed by atoms with van der Waals surface area (Å²) >= 11 is 0. The number of phosphoric ester groups is 1. The van der Waals surface area contributed by atoms with Crippen LogP contribution in [0.15, 0.2) is 0 Å². The van der Waals surface area contributed by atoms with E-state index >= 15 is 0 Å². The molecule has 0 bridgehead atoms. The molecule has 0 aromatic heterocycles. The molecule has 0 aromatic carbocycles. The number of hydrogen-bond donors (Lipinski definition) is 4. The maximum atomic E-state index is 10.5. The van der Waals surface area contributed by atoms with E-state index in [0.717, 1.165) is 0 Å². The Morgan fingerprint density at radius 1 is 1.29 bits per heavy atom. The molecule has 0 saturated carbocycles. The summed E-state index contributed by atoms with van der Waals surface area (Å²) in [6.07, 6.45) is 1.79. The van der Waals surface area contributed by atoms with Gasteiger partial charge in [-0.1, -0.05) is 6.42 Å². The molecule has 0 atom stereocenters. The Balaban J connectivity index is 3.23. The average Bonchev–Trinajstić information content (AvgIpc) is 2.08. The summed E-state index contributed by atoms with van der Waals surface area (Å²) in [6, 6.07) is 0. The highest BCUT2D eigenvalue weighted by atomic mass is 31.2. The first-order valence-corrected chi connectivity index (χ1v) is 5.62. The van der Waals surface area contributed by atoms with Gasteiger partial charge < -0.3 is 9.79 Å². The predicted octanol–water partition coefficient (Wildman–Crippen LogP) is 0.161.